The van der Waals surface area contributed by atoms with Crippen molar-refractivity contribution in [3.8, 4) is 23.1 Å². The molecule has 8 heteroatoms. The van der Waals surface area contributed by atoms with Gasteiger partial charge in [-0.05, 0) is 89.6 Å². The molecule has 5 aromatic rings. The molecule has 2 heterocycles. The highest BCUT2D eigenvalue weighted by molar-refractivity contribution is 5.92. The first-order valence-electron chi connectivity index (χ1n) is 17.7. The normalized spacial score (nSPS) is 13.2. The fraction of sp³-hybridized carbons (Fsp3) is 0.273. The van der Waals surface area contributed by atoms with E-state index in [1.807, 2.05) is 54.3 Å². The molecule has 7 nitrogen and oxygen atoms in total. The number of carbonyl (C=O) groups is 1. The largest absolute Gasteiger partial charge is 0.489 e. The van der Waals surface area contributed by atoms with E-state index in [-0.39, 0.29) is 18.3 Å². The van der Waals surface area contributed by atoms with E-state index in [0.717, 1.165) is 47.6 Å². The van der Waals surface area contributed by atoms with Crippen LogP contribution in [0.4, 0.5) is 0 Å². The zero-order chi connectivity index (χ0) is 35.6. The summed E-state index contributed by atoms with van der Waals surface area (Å²) < 4.78 is 17.8. The van der Waals surface area contributed by atoms with Gasteiger partial charge >= 0.3 is 0 Å². The maximum Gasteiger partial charge on any atom is 0.246 e. The van der Waals surface area contributed by atoms with Gasteiger partial charge in [0.1, 0.15) is 30.5 Å². The zero-order valence-electron chi connectivity index (χ0n) is 30.5. The number of hydrogen-bond donors (Lipinski definition) is 0. The number of rotatable bonds is 13. The Morgan fingerprint density at radius 3 is 1.94 bits per heavy atom. The molecule has 4 aromatic carbocycles. The SMILES string of the molecule is Cc1ccc(COc2ccc(Oc3ccc(C=CC(=O)N4CCN(Cc5ccc(COc6ccc(C(C)C)cc6)cc5)CC4)c(C)c3)nc2)cc1.Cl. The van der Waals surface area contributed by atoms with Crippen LogP contribution in [0.3, 0.4) is 0 Å². The molecule has 1 fully saturated rings. The van der Waals surface area contributed by atoms with Crippen molar-refractivity contribution in [1.82, 2.24) is 14.8 Å². The quantitative estimate of drug-likeness (QED) is 0.113. The first-order valence-corrected chi connectivity index (χ1v) is 17.7. The number of hydrogen-bond acceptors (Lipinski definition) is 6. The average Bonchev–Trinajstić information content (AvgIpc) is 3.15. The van der Waals surface area contributed by atoms with E-state index in [2.05, 4.69) is 91.3 Å². The Bertz CT molecular complexity index is 1900. The lowest BCUT2D eigenvalue weighted by atomic mass is 10.0. The number of carbonyl (C=O) groups excluding carboxylic acids is 1. The second-order valence-corrected chi connectivity index (χ2v) is 13.5. The van der Waals surface area contributed by atoms with E-state index in [1.54, 1.807) is 18.3 Å². The highest BCUT2D eigenvalue weighted by Gasteiger charge is 2.20. The molecule has 1 aromatic heterocycles. The molecule has 1 aliphatic heterocycles. The third-order valence-electron chi connectivity index (χ3n) is 9.17. The van der Waals surface area contributed by atoms with Crippen molar-refractivity contribution in [1.29, 1.82) is 0 Å². The van der Waals surface area contributed by atoms with Crippen molar-refractivity contribution in [2.24, 2.45) is 0 Å². The minimum Gasteiger partial charge on any atom is -0.489 e. The minimum absolute atomic E-state index is 0. The number of aryl methyl sites for hydroxylation is 2. The summed E-state index contributed by atoms with van der Waals surface area (Å²) in [5.74, 6) is 3.29. The van der Waals surface area contributed by atoms with Crippen molar-refractivity contribution in [3.05, 3.63) is 154 Å². The van der Waals surface area contributed by atoms with Gasteiger partial charge in [-0.15, -0.1) is 12.4 Å². The number of ether oxygens (including phenoxy) is 3. The maximum atomic E-state index is 13.0. The fourth-order valence-corrected chi connectivity index (χ4v) is 5.89. The van der Waals surface area contributed by atoms with Gasteiger partial charge in [0.25, 0.3) is 0 Å². The molecule has 1 saturated heterocycles. The number of pyridine rings is 1. The van der Waals surface area contributed by atoms with E-state index >= 15 is 0 Å². The molecule has 0 spiro atoms. The Balaban J connectivity index is 0.00000523. The summed E-state index contributed by atoms with van der Waals surface area (Å²) in [4.78, 5) is 21.8. The van der Waals surface area contributed by atoms with Gasteiger partial charge in [-0.3, -0.25) is 9.69 Å². The summed E-state index contributed by atoms with van der Waals surface area (Å²) in [5, 5.41) is 0. The van der Waals surface area contributed by atoms with Gasteiger partial charge in [0.15, 0.2) is 0 Å². The molecule has 270 valence electrons. The molecule has 6 rings (SSSR count). The summed E-state index contributed by atoms with van der Waals surface area (Å²) in [5.41, 5.74) is 8.04. The maximum absolute atomic E-state index is 13.0. The molecule has 1 amide bonds. The number of halogens is 1. The van der Waals surface area contributed by atoms with E-state index in [9.17, 15) is 4.79 Å². The van der Waals surface area contributed by atoms with Gasteiger partial charge in [0, 0.05) is 44.9 Å². The van der Waals surface area contributed by atoms with Crippen molar-refractivity contribution in [2.75, 3.05) is 26.2 Å². The van der Waals surface area contributed by atoms with Crippen LogP contribution < -0.4 is 14.2 Å². The van der Waals surface area contributed by atoms with Gasteiger partial charge in [0.05, 0.1) is 6.20 Å². The Kier molecular flexibility index (Phi) is 13.5. The van der Waals surface area contributed by atoms with Gasteiger partial charge in [-0.25, -0.2) is 4.98 Å². The lowest BCUT2D eigenvalue weighted by Crippen LogP contribution is -2.47. The van der Waals surface area contributed by atoms with Crippen LogP contribution in [-0.4, -0.2) is 46.9 Å². The molecule has 52 heavy (non-hydrogen) atoms. The Hall–Kier alpha value is -5.11. The van der Waals surface area contributed by atoms with Crippen molar-refractivity contribution in [2.45, 2.75) is 53.4 Å². The van der Waals surface area contributed by atoms with Crippen LogP contribution in [0.15, 0.2) is 115 Å². The molecule has 0 unspecified atom stereocenters. The molecular weight excluding hydrogens is 670 g/mol. The van der Waals surface area contributed by atoms with Crippen LogP contribution in [-0.2, 0) is 24.6 Å². The molecular formula is C44H48ClN3O4. The fourth-order valence-electron chi connectivity index (χ4n) is 5.89. The van der Waals surface area contributed by atoms with Gasteiger partial charge in [-0.2, -0.15) is 0 Å². The zero-order valence-corrected chi connectivity index (χ0v) is 31.3. The smallest absolute Gasteiger partial charge is 0.246 e. The molecule has 0 bridgehead atoms. The standard InChI is InChI=1S/C44H47N3O4.ClH/c1-32(2)38-13-17-40(18-14-38)49-30-37-11-9-35(10-12-37)29-46-23-25-47(26-24-46)44(48)22-16-39-15-19-41(27-34(39)4)51-43-21-20-42(28-45-43)50-31-36-7-5-33(3)6-8-36;/h5-22,27-28,32H,23-26,29-31H2,1-4H3;1H. The van der Waals surface area contributed by atoms with Crippen LogP contribution in [0.2, 0.25) is 0 Å². The summed E-state index contributed by atoms with van der Waals surface area (Å²) in [7, 11) is 0. The summed E-state index contributed by atoms with van der Waals surface area (Å²) in [6.45, 7) is 13.5. The number of benzene rings is 4. The molecule has 0 radical (unpaired) electrons. The molecule has 0 atom stereocenters. The topological polar surface area (TPSA) is 64.1 Å². The number of nitrogens with zero attached hydrogens (tertiary/aromatic N) is 3. The van der Waals surface area contributed by atoms with Gasteiger partial charge in [-0.1, -0.05) is 86.1 Å². The van der Waals surface area contributed by atoms with Crippen molar-refractivity contribution in [3.63, 3.8) is 0 Å². The van der Waals surface area contributed by atoms with Gasteiger partial charge in [0.2, 0.25) is 11.8 Å². The summed E-state index contributed by atoms with van der Waals surface area (Å²) in [6, 6.07) is 34.7. The number of amides is 1. The molecule has 0 N–H and O–H groups in total. The summed E-state index contributed by atoms with van der Waals surface area (Å²) >= 11 is 0. The lowest BCUT2D eigenvalue weighted by Gasteiger charge is -2.34. The second kappa shape index (κ2) is 18.4. The van der Waals surface area contributed by atoms with E-state index in [4.69, 9.17) is 14.2 Å². The van der Waals surface area contributed by atoms with Crippen LogP contribution in [0.1, 0.15) is 58.7 Å². The third kappa shape index (κ3) is 10.9. The minimum atomic E-state index is 0. The first-order chi connectivity index (χ1) is 24.8. The number of aromatic nitrogens is 1. The monoisotopic (exact) mass is 717 g/mol. The van der Waals surface area contributed by atoms with Crippen LogP contribution in [0.5, 0.6) is 23.1 Å². The van der Waals surface area contributed by atoms with Gasteiger partial charge < -0.3 is 19.1 Å². The van der Waals surface area contributed by atoms with E-state index < -0.39 is 0 Å². The van der Waals surface area contributed by atoms with Crippen molar-refractivity contribution < 1.29 is 19.0 Å². The van der Waals surface area contributed by atoms with Crippen LogP contribution in [0.25, 0.3) is 6.08 Å². The van der Waals surface area contributed by atoms with E-state index in [1.165, 1.54) is 16.7 Å². The Labute approximate surface area is 314 Å². The second-order valence-electron chi connectivity index (χ2n) is 13.5. The van der Waals surface area contributed by atoms with Crippen LogP contribution >= 0.6 is 12.4 Å². The predicted molar refractivity (Wildman–Crippen MR) is 210 cm³/mol. The highest BCUT2D eigenvalue weighted by Crippen LogP contribution is 2.25. The third-order valence-corrected chi connectivity index (χ3v) is 9.17. The van der Waals surface area contributed by atoms with Crippen molar-refractivity contribution >= 4 is 24.4 Å². The Morgan fingerprint density at radius 1 is 0.731 bits per heavy atom. The lowest BCUT2D eigenvalue weighted by molar-refractivity contribution is -0.127. The molecule has 0 saturated carbocycles. The molecule has 1 aliphatic rings. The Morgan fingerprint density at radius 2 is 1.33 bits per heavy atom. The molecule has 0 aliphatic carbocycles. The van der Waals surface area contributed by atoms with E-state index in [0.29, 0.717) is 49.6 Å². The number of piperazine rings is 1. The average molecular weight is 718 g/mol. The highest BCUT2D eigenvalue weighted by atomic mass is 35.5. The predicted octanol–water partition coefficient (Wildman–Crippen LogP) is 9.55. The van der Waals surface area contributed by atoms with Crippen LogP contribution in [0, 0.1) is 13.8 Å². The first kappa shape index (κ1) is 38.1. The summed E-state index contributed by atoms with van der Waals surface area (Å²) in [6.07, 6.45) is 5.23.